The van der Waals surface area contributed by atoms with E-state index < -0.39 is 0 Å². The summed E-state index contributed by atoms with van der Waals surface area (Å²) in [5.74, 6) is 1.53. The number of carbonyl (C=O) groups excluding carboxylic acids is 1. The number of anilines is 1. The van der Waals surface area contributed by atoms with Crippen molar-refractivity contribution in [2.75, 3.05) is 44.5 Å². The first kappa shape index (κ1) is 16.2. The van der Waals surface area contributed by atoms with E-state index in [0.29, 0.717) is 6.54 Å². The molecular weight excluding hydrogens is 340 g/mol. The average Bonchev–Trinajstić information content (AvgIpc) is 3.31. The predicted octanol–water partition coefficient (Wildman–Crippen LogP) is 2.29. The largest absolute Gasteiger partial charge is 0.454 e. The lowest BCUT2D eigenvalue weighted by Gasteiger charge is -2.27. The number of nitrogens with zero attached hydrogens (tertiary/aromatic N) is 1. The smallest absolute Gasteiger partial charge is 0.261 e. The first-order valence-electron chi connectivity index (χ1n) is 8.39. The van der Waals surface area contributed by atoms with Crippen LogP contribution in [0.25, 0.3) is 0 Å². The summed E-state index contributed by atoms with van der Waals surface area (Å²) in [6.45, 7) is 4.12. The monoisotopic (exact) mass is 360 g/mol. The number of rotatable bonds is 5. The lowest BCUT2D eigenvalue weighted by Crippen LogP contribution is -2.35. The minimum Gasteiger partial charge on any atom is -0.454 e. The highest BCUT2D eigenvalue weighted by molar-refractivity contribution is 7.18. The first-order chi connectivity index (χ1) is 12.3. The van der Waals surface area contributed by atoms with Crippen molar-refractivity contribution in [1.82, 2.24) is 5.32 Å². The molecular formula is C18H20N2O4S. The van der Waals surface area contributed by atoms with Gasteiger partial charge in [0.1, 0.15) is 0 Å². The number of carbonyl (C=O) groups is 1. The number of benzene rings is 1. The fraction of sp³-hybridized carbons (Fsp3) is 0.389. The highest BCUT2D eigenvalue weighted by Gasteiger charge is 2.16. The first-order valence-corrected chi connectivity index (χ1v) is 9.20. The van der Waals surface area contributed by atoms with Crippen molar-refractivity contribution in [1.29, 1.82) is 0 Å². The summed E-state index contributed by atoms with van der Waals surface area (Å²) < 4.78 is 16.0. The minimum atomic E-state index is -0.0229. The molecule has 0 bridgehead atoms. The Morgan fingerprint density at radius 3 is 2.84 bits per heavy atom. The molecule has 1 N–H and O–H groups in total. The molecule has 1 aromatic heterocycles. The Labute approximate surface area is 150 Å². The van der Waals surface area contributed by atoms with Gasteiger partial charge in [0.2, 0.25) is 6.79 Å². The van der Waals surface area contributed by atoms with E-state index >= 15 is 0 Å². The second-order valence-corrected chi connectivity index (χ2v) is 6.99. The van der Waals surface area contributed by atoms with Gasteiger partial charge < -0.3 is 24.4 Å². The maximum atomic E-state index is 12.3. The van der Waals surface area contributed by atoms with Crippen LogP contribution in [0.4, 0.5) is 5.00 Å². The third-order valence-electron chi connectivity index (χ3n) is 4.27. The van der Waals surface area contributed by atoms with Crippen molar-refractivity contribution < 1.29 is 19.0 Å². The van der Waals surface area contributed by atoms with E-state index in [1.165, 1.54) is 11.3 Å². The molecule has 2 aromatic rings. The summed E-state index contributed by atoms with van der Waals surface area (Å²) in [7, 11) is 0. The number of amides is 1. The van der Waals surface area contributed by atoms with E-state index in [-0.39, 0.29) is 12.7 Å². The van der Waals surface area contributed by atoms with Crippen molar-refractivity contribution in [3.05, 3.63) is 40.8 Å². The van der Waals surface area contributed by atoms with Gasteiger partial charge in [-0.05, 0) is 36.2 Å². The molecule has 0 atom stereocenters. The zero-order valence-electron chi connectivity index (χ0n) is 13.8. The standard InChI is InChI=1S/C18H20N2O4S/c21-18(16-3-4-17(25-16)20-7-9-22-10-8-20)19-6-5-13-1-2-14-15(11-13)24-12-23-14/h1-4,11H,5-10,12H2,(H,19,21). The zero-order chi connectivity index (χ0) is 17.1. The second-order valence-electron chi connectivity index (χ2n) is 5.93. The van der Waals surface area contributed by atoms with Crippen molar-refractivity contribution in [2.24, 2.45) is 0 Å². The van der Waals surface area contributed by atoms with Gasteiger partial charge in [-0.3, -0.25) is 4.79 Å². The Morgan fingerprint density at radius 1 is 1.12 bits per heavy atom. The molecule has 2 aliphatic heterocycles. The molecule has 25 heavy (non-hydrogen) atoms. The summed E-state index contributed by atoms with van der Waals surface area (Å²) in [4.78, 5) is 15.3. The Hall–Kier alpha value is -2.25. The minimum absolute atomic E-state index is 0.0229. The molecule has 1 amide bonds. The van der Waals surface area contributed by atoms with E-state index in [9.17, 15) is 4.79 Å². The Balaban J connectivity index is 1.29. The van der Waals surface area contributed by atoms with Crippen LogP contribution in [-0.2, 0) is 11.2 Å². The highest BCUT2D eigenvalue weighted by atomic mass is 32.1. The van der Waals surface area contributed by atoms with Gasteiger partial charge in [0.15, 0.2) is 11.5 Å². The number of fused-ring (bicyclic) bond motifs is 1. The van der Waals surface area contributed by atoms with Crippen LogP contribution in [0.15, 0.2) is 30.3 Å². The summed E-state index contributed by atoms with van der Waals surface area (Å²) in [6.07, 6.45) is 0.754. The molecule has 1 saturated heterocycles. The van der Waals surface area contributed by atoms with Crippen LogP contribution in [0.5, 0.6) is 11.5 Å². The van der Waals surface area contributed by atoms with Crippen molar-refractivity contribution in [3.8, 4) is 11.5 Å². The summed E-state index contributed by atoms with van der Waals surface area (Å²) in [5, 5.41) is 4.12. The number of hydrogen-bond acceptors (Lipinski definition) is 6. The molecule has 0 unspecified atom stereocenters. The molecule has 4 rings (SSSR count). The van der Waals surface area contributed by atoms with Crippen LogP contribution in [0, 0.1) is 0 Å². The van der Waals surface area contributed by atoms with E-state index in [2.05, 4.69) is 10.2 Å². The normalized spacial score (nSPS) is 16.1. The van der Waals surface area contributed by atoms with Crippen molar-refractivity contribution in [3.63, 3.8) is 0 Å². The van der Waals surface area contributed by atoms with E-state index in [0.717, 1.165) is 59.7 Å². The highest BCUT2D eigenvalue weighted by Crippen LogP contribution is 2.32. The fourth-order valence-corrected chi connectivity index (χ4v) is 3.88. The quantitative estimate of drug-likeness (QED) is 0.887. The third kappa shape index (κ3) is 3.72. The van der Waals surface area contributed by atoms with Crippen LogP contribution in [0.2, 0.25) is 0 Å². The molecule has 7 heteroatoms. The summed E-state index contributed by atoms with van der Waals surface area (Å²) >= 11 is 1.53. The van der Waals surface area contributed by atoms with Gasteiger partial charge in [-0.25, -0.2) is 0 Å². The molecule has 0 saturated carbocycles. The van der Waals surface area contributed by atoms with Crippen molar-refractivity contribution in [2.45, 2.75) is 6.42 Å². The molecule has 3 heterocycles. The number of morpholine rings is 1. The molecule has 1 fully saturated rings. The maximum absolute atomic E-state index is 12.3. The Bertz CT molecular complexity index is 755. The van der Waals surface area contributed by atoms with E-state index in [4.69, 9.17) is 14.2 Å². The van der Waals surface area contributed by atoms with Gasteiger partial charge in [0.25, 0.3) is 5.91 Å². The van der Waals surface area contributed by atoms with Gasteiger partial charge in [-0.2, -0.15) is 0 Å². The van der Waals surface area contributed by atoms with Gasteiger partial charge in [0.05, 0.1) is 23.1 Å². The van der Waals surface area contributed by atoms with Crippen LogP contribution in [-0.4, -0.2) is 45.5 Å². The topological polar surface area (TPSA) is 60.0 Å². The molecule has 0 spiro atoms. The van der Waals surface area contributed by atoms with Gasteiger partial charge in [0, 0.05) is 19.6 Å². The molecule has 0 radical (unpaired) electrons. The lowest BCUT2D eigenvalue weighted by atomic mass is 10.1. The van der Waals surface area contributed by atoms with Crippen LogP contribution in [0.1, 0.15) is 15.2 Å². The molecule has 6 nitrogen and oxygen atoms in total. The molecule has 2 aliphatic rings. The number of hydrogen-bond donors (Lipinski definition) is 1. The maximum Gasteiger partial charge on any atom is 0.261 e. The second kappa shape index (κ2) is 7.33. The molecule has 0 aliphatic carbocycles. The number of nitrogens with one attached hydrogen (secondary N) is 1. The Kier molecular flexibility index (Phi) is 4.76. The summed E-state index contributed by atoms with van der Waals surface area (Å²) in [6, 6.07) is 9.79. The van der Waals surface area contributed by atoms with Gasteiger partial charge in [-0.15, -0.1) is 11.3 Å². The SMILES string of the molecule is O=C(NCCc1ccc2c(c1)OCO2)c1ccc(N2CCOCC2)s1. The predicted molar refractivity (Wildman–Crippen MR) is 96.0 cm³/mol. The molecule has 1 aromatic carbocycles. The molecule has 132 valence electrons. The zero-order valence-corrected chi connectivity index (χ0v) is 14.6. The average molecular weight is 360 g/mol. The Morgan fingerprint density at radius 2 is 1.96 bits per heavy atom. The van der Waals surface area contributed by atoms with Gasteiger partial charge in [-0.1, -0.05) is 6.07 Å². The fourth-order valence-electron chi connectivity index (χ4n) is 2.91. The van der Waals surface area contributed by atoms with Crippen LogP contribution in [0.3, 0.4) is 0 Å². The number of thiophene rings is 1. The lowest BCUT2D eigenvalue weighted by molar-refractivity contribution is 0.0958. The van der Waals surface area contributed by atoms with E-state index in [1.807, 2.05) is 30.3 Å². The van der Waals surface area contributed by atoms with Crippen LogP contribution >= 0.6 is 11.3 Å². The summed E-state index contributed by atoms with van der Waals surface area (Å²) in [5.41, 5.74) is 1.12. The number of ether oxygens (including phenoxy) is 3. The van der Waals surface area contributed by atoms with Gasteiger partial charge >= 0.3 is 0 Å². The van der Waals surface area contributed by atoms with E-state index in [1.54, 1.807) is 0 Å². The third-order valence-corrected chi connectivity index (χ3v) is 5.42. The van der Waals surface area contributed by atoms with Crippen molar-refractivity contribution >= 4 is 22.2 Å². The van der Waals surface area contributed by atoms with Crippen LogP contribution < -0.4 is 19.7 Å².